The average Bonchev–Trinajstić information content (AvgIpc) is 3.59. The van der Waals surface area contributed by atoms with Gasteiger partial charge in [0.1, 0.15) is 17.3 Å². The van der Waals surface area contributed by atoms with Gasteiger partial charge in [-0.1, -0.05) is 0 Å². The number of aliphatic hydroxyl groups is 1. The Balaban J connectivity index is 1.61. The summed E-state index contributed by atoms with van der Waals surface area (Å²) in [7, 11) is 1.70. The summed E-state index contributed by atoms with van der Waals surface area (Å²) >= 11 is 0. The largest absolute Gasteiger partial charge is 0.404 e. The van der Waals surface area contributed by atoms with Crippen LogP contribution in [0.25, 0.3) is 5.57 Å². The SMILES string of the molecule is CNc1cc(Nc2cccn(C3CCCC(O)C3)c2=O)nc(/C(=C\N)C(=O)NC2CC2)n1. The highest BCUT2D eigenvalue weighted by molar-refractivity contribution is 6.18. The van der Waals surface area contributed by atoms with Crippen LogP contribution >= 0.6 is 0 Å². The van der Waals surface area contributed by atoms with Gasteiger partial charge in [0.05, 0.1) is 11.7 Å². The minimum Gasteiger partial charge on any atom is -0.404 e. The number of rotatable bonds is 7. The zero-order valence-corrected chi connectivity index (χ0v) is 18.0. The molecule has 2 atom stereocenters. The maximum Gasteiger partial charge on any atom is 0.274 e. The number of carbonyl (C=O) groups excluding carboxylic acids is 1. The van der Waals surface area contributed by atoms with Gasteiger partial charge >= 0.3 is 0 Å². The van der Waals surface area contributed by atoms with Crippen molar-refractivity contribution in [3.8, 4) is 0 Å². The maximum atomic E-state index is 13.1. The first-order valence-electron chi connectivity index (χ1n) is 10.9. The van der Waals surface area contributed by atoms with Crippen molar-refractivity contribution in [3.05, 3.63) is 46.8 Å². The molecule has 0 saturated heterocycles. The predicted octanol–water partition coefficient (Wildman–Crippen LogP) is 1.48. The average molecular weight is 440 g/mol. The highest BCUT2D eigenvalue weighted by atomic mass is 16.3. The first-order valence-corrected chi connectivity index (χ1v) is 10.9. The molecule has 0 aliphatic heterocycles. The molecule has 2 fully saturated rings. The molecule has 32 heavy (non-hydrogen) atoms. The number of anilines is 3. The van der Waals surface area contributed by atoms with Crippen LogP contribution in [0.2, 0.25) is 0 Å². The number of nitrogens with two attached hydrogens (primary N) is 1. The van der Waals surface area contributed by atoms with Crippen molar-refractivity contribution in [1.29, 1.82) is 0 Å². The van der Waals surface area contributed by atoms with E-state index in [9.17, 15) is 14.7 Å². The third-order valence-electron chi connectivity index (χ3n) is 5.80. The number of hydrogen-bond acceptors (Lipinski definition) is 8. The number of pyridine rings is 1. The smallest absolute Gasteiger partial charge is 0.274 e. The molecule has 2 aromatic rings. The Morgan fingerprint density at radius 2 is 2.03 bits per heavy atom. The van der Waals surface area contributed by atoms with Crippen LogP contribution in [0.15, 0.2) is 35.4 Å². The molecular formula is C22H29N7O3. The van der Waals surface area contributed by atoms with Crippen LogP contribution in [0, 0.1) is 0 Å². The normalized spacial score (nSPS) is 21.1. The van der Waals surface area contributed by atoms with Gasteiger partial charge in [-0.3, -0.25) is 9.59 Å². The number of aliphatic hydroxyl groups excluding tert-OH is 1. The molecule has 2 aliphatic carbocycles. The second kappa shape index (κ2) is 9.39. The van der Waals surface area contributed by atoms with Crippen LogP contribution in [-0.2, 0) is 4.79 Å². The Morgan fingerprint density at radius 3 is 2.72 bits per heavy atom. The van der Waals surface area contributed by atoms with Crippen LogP contribution in [-0.4, -0.2) is 44.7 Å². The van der Waals surface area contributed by atoms with Gasteiger partial charge < -0.3 is 31.4 Å². The highest BCUT2D eigenvalue weighted by Crippen LogP contribution is 2.28. The molecule has 10 heteroatoms. The Bertz CT molecular complexity index is 1080. The topological polar surface area (TPSA) is 147 Å². The fourth-order valence-electron chi connectivity index (χ4n) is 3.92. The summed E-state index contributed by atoms with van der Waals surface area (Å²) in [5.74, 6) is 0.665. The summed E-state index contributed by atoms with van der Waals surface area (Å²) in [4.78, 5) is 34.4. The first-order chi connectivity index (χ1) is 15.5. The van der Waals surface area contributed by atoms with Gasteiger partial charge in [0, 0.05) is 37.6 Å². The molecule has 0 bridgehead atoms. The lowest BCUT2D eigenvalue weighted by molar-refractivity contribution is -0.115. The van der Waals surface area contributed by atoms with Crippen LogP contribution in [0.5, 0.6) is 0 Å². The summed E-state index contributed by atoms with van der Waals surface area (Å²) in [6, 6.07) is 5.25. The van der Waals surface area contributed by atoms with E-state index in [2.05, 4.69) is 25.9 Å². The minimum absolute atomic E-state index is 0.0419. The maximum absolute atomic E-state index is 13.1. The van der Waals surface area contributed by atoms with Gasteiger partial charge in [0.15, 0.2) is 5.82 Å². The number of nitrogens with one attached hydrogen (secondary N) is 3. The van der Waals surface area contributed by atoms with E-state index in [0.29, 0.717) is 23.7 Å². The van der Waals surface area contributed by atoms with Gasteiger partial charge in [-0.25, -0.2) is 9.97 Å². The van der Waals surface area contributed by atoms with Crippen LogP contribution in [0.1, 0.15) is 50.4 Å². The lowest BCUT2D eigenvalue weighted by atomic mass is 9.93. The van der Waals surface area contributed by atoms with Crippen LogP contribution in [0.4, 0.5) is 17.3 Å². The molecule has 2 aliphatic rings. The zero-order valence-electron chi connectivity index (χ0n) is 18.0. The standard InChI is InChI=1S/C22H29N7O3/c1-24-18-11-19(28-20(27-18)16(12-23)21(31)25-13-7-8-13)26-17-6-3-9-29(22(17)32)14-4-2-5-15(30)10-14/h3,6,9,11-15,30H,2,4-5,7-8,10,23H2,1H3,(H,25,31)(H2,24,26,27,28)/b16-12+. The third-order valence-corrected chi connectivity index (χ3v) is 5.80. The van der Waals surface area contributed by atoms with Crippen molar-refractivity contribution in [2.45, 2.75) is 56.7 Å². The minimum atomic E-state index is -0.386. The number of nitrogens with zero attached hydrogens (tertiary/aromatic N) is 3. The third kappa shape index (κ3) is 4.91. The van der Waals surface area contributed by atoms with Gasteiger partial charge in [-0.15, -0.1) is 0 Å². The number of amides is 1. The molecule has 2 aromatic heterocycles. The first kappa shape index (κ1) is 21.8. The molecule has 2 heterocycles. The summed E-state index contributed by atoms with van der Waals surface area (Å²) in [5, 5.41) is 18.9. The molecule has 0 aromatic carbocycles. The molecule has 170 valence electrons. The summed E-state index contributed by atoms with van der Waals surface area (Å²) in [5.41, 5.74) is 6.03. The number of hydrogen-bond donors (Lipinski definition) is 5. The molecule has 0 radical (unpaired) electrons. The van der Waals surface area contributed by atoms with Crippen LogP contribution in [0.3, 0.4) is 0 Å². The molecule has 2 saturated carbocycles. The van der Waals surface area contributed by atoms with E-state index in [1.165, 1.54) is 6.20 Å². The van der Waals surface area contributed by atoms with E-state index in [1.807, 2.05) is 0 Å². The molecule has 4 rings (SSSR count). The van der Waals surface area contributed by atoms with E-state index in [0.717, 1.165) is 32.1 Å². The lowest BCUT2D eigenvalue weighted by Gasteiger charge is -2.27. The fourth-order valence-corrected chi connectivity index (χ4v) is 3.92. The van der Waals surface area contributed by atoms with E-state index in [1.54, 1.807) is 36.0 Å². The second-order valence-corrected chi connectivity index (χ2v) is 8.27. The molecule has 0 spiro atoms. The summed E-state index contributed by atoms with van der Waals surface area (Å²) in [6.07, 6.45) is 7.52. The quantitative estimate of drug-likeness (QED) is 0.408. The van der Waals surface area contributed by atoms with E-state index < -0.39 is 0 Å². The Hall–Kier alpha value is -3.40. The van der Waals surface area contributed by atoms with Gasteiger partial charge in [-0.2, -0.15) is 0 Å². The molecule has 6 N–H and O–H groups in total. The van der Waals surface area contributed by atoms with E-state index >= 15 is 0 Å². The van der Waals surface area contributed by atoms with Gasteiger partial charge in [0.2, 0.25) is 0 Å². The van der Waals surface area contributed by atoms with Crippen LogP contribution < -0.4 is 27.2 Å². The summed E-state index contributed by atoms with van der Waals surface area (Å²) in [6.45, 7) is 0. The van der Waals surface area contributed by atoms with Crippen molar-refractivity contribution in [2.75, 3.05) is 17.7 Å². The Morgan fingerprint density at radius 1 is 1.25 bits per heavy atom. The Kier molecular flexibility index (Phi) is 6.40. The monoisotopic (exact) mass is 439 g/mol. The Labute approximate surface area is 186 Å². The molecule has 2 unspecified atom stereocenters. The van der Waals surface area contributed by atoms with Gasteiger partial charge in [-0.05, 0) is 50.7 Å². The van der Waals surface area contributed by atoms with Crippen molar-refractivity contribution < 1.29 is 9.90 Å². The summed E-state index contributed by atoms with van der Waals surface area (Å²) < 4.78 is 1.67. The fraction of sp³-hybridized carbons (Fsp3) is 0.455. The van der Waals surface area contributed by atoms with Crippen molar-refractivity contribution in [2.24, 2.45) is 5.73 Å². The van der Waals surface area contributed by atoms with Crippen molar-refractivity contribution in [3.63, 3.8) is 0 Å². The second-order valence-electron chi connectivity index (χ2n) is 8.27. The molecular weight excluding hydrogens is 410 g/mol. The van der Waals surface area contributed by atoms with E-state index in [4.69, 9.17) is 5.73 Å². The number of aromatic nitrogens is 3. The van der Waals surface area contributed by atoms with Crippen molar-refractivity contribution in [1.82, 2.24) is 19.9 Å². The zero-order chi connectivity index (χ0) is 22.7. The lowest BCUT2D eigenvalue weighted by Crippen LogP contribution is -2.31. The van der Waals surface area contributed by atoms with Crippen molar-refractivity contribution >= 4 is 28.8 Å². The predicted molar refractivity (Wildman–Crippen MR) is 122 cm³/mol. The molecule has 10 nitrogen and oxygen atoms in total. The van der Waals surface area contributed by atoms with E-state index in [-0.39, 0.29) is 41.1 Å². The number of carbonyl (C=O) groups is 1. The highest BCUT2D eigenvalue weighted by Gasteiger charge is 2.27. The molecule has 1 amide bonds. The van der Waals surface area contributed by atoms with Gasteiger partial charge in [0.25, 0.3) is 11.5 Å².